The van der Waals surface area contributed by atoms with Gasteiger partial charge >= 0.3 is 6.16 Å². The predicted molar refractivity (Wildman–Crippen MR) is 100 cm³/mol. The second-order valence-corrected chi connectivity index (χ2v) is 9.04. The number of carbonyl (C=O) groups excluding carboxylic acids is 2. The highest BCUT2D eigenvalue weighted by atomic mass is 16.7. The largest absolute Gasteiger partial charge is 0.508 e. The average molecular weight is 374 g/mol. The summed E-state index contributed by atoms with van der Waals surface area (Å²) in [6.45, 7) is 4.47. The molecule has 0 aromatic heterocycles. The molecule has 4 rings (SSSR count). The molecule has 5 unspecified atom stereocenters. The van der Waals surface area contributed by atoms with Crippen LogP contribution < -0.4 is 0 Å². The molecule has 0 saturated heterocycles. The van der Waals surface area contributed by atoms with Gasteiger partial charge in [-0.3, -0.25) is 4.79 Å². The van der Waals surface area contributed by atoms with Gasteiger partial charge in [-0.15, -0.1) is 0 Å². The van der Waals surface area contributed by atoms with E-state index in [-0.39, 0.29) is 29.0 Å². The van der Waals surface area contributed by atoms with Crippen LogP contribution in [-0.2, 0) is 19.0 Å². The first-order chi connectivity index (χ1) is 12.8. The summed E-state index contributed by atoms with van der Waals surface area (Å²) in [7, 11) is 3.10. The van der Waals surface area contributed by atoms with Crippen LogP contribution in [0.25, 0.3) is 0 Å². The number of Topliss-reactive ketones (excluding diaryl/α,β-unsaturated/α-hetero) is 1. The summed E-state index contributed by atoms with van der Waals surface area (Å²) in [4.78, 5) is 24.1. The van der Waals surface area contributed by atoms with Crippen molar-refractivity contribution in [2.75, 3.05) is 14.2 Å². The molecule has 0 aliphatic heterocycles. The van der Waals surface area contributed by atoms with Crippen LogP contribution in [0.5, 0.6) is 0 Å². The van der Waals surface area contributed by atoms with Crippen LogP contribution in [0.2, 0.25) is 0 Å². The fourth-order valence-electron chi connectivity index (χ4n) is 6.18. The van der Waals surface area contributed by atoms with Gasteiger partial charge in [0.2, 0.25) is 0 Å². The van der Waals surface area contributed by atoms with Crippen molar-refractivity contribution < 1.29 is 23.8 Å². The zero-order valence-electron chi connectivity index (χ0n) is 16.7. The van der Waals surface area contributed by atoms with Crippen LogP contribution >= 0.6 is 0 Å². The van der Waals surface area contributed by atoms with Crippen LogP contribution in [0.15, 0.2) is 23.3 Å². The Bertz CT molecular complexity index is 722. The summed E-state index contributed by atoms with van der Waals surface area (Å²) < 4.78 is 16.0. The smallest absolute Gasteiger partial charge is 0.438 e. The second kappa shape index (κ2) is 6.47. The molecule has 5 nitrogen and oxygen atoms in total. The molecule has 0 bridgehead atoms. The Morgan fingerprint density at radius 3 is 2.70 bits per heavy atom. The number of rotatable bonds is 2. The van der Waals surface area contributed by atoms with E-state index in [9.17, 15) is 9.59 Å². The van der Waals surface area contributed by atoms with E-state index >= 15 is 0 Å². The maximum Gasteiger partial charge on any atom is 0.508 e. The summed E-state index contributed by atoms with van der Waals surface area (Å²) >= 11 is 0. The van der Waals surface area contributed by atoms with E-state index in [1.165, 1.54) is 18.3 Å². The molecule has 0 N–H and O–H groups in total. The van der Waals surface area contributed by atoms with Crippen molar-refractivity contribution in [3.05, 3.63) is 23.3 Å². The monoisotopic (exact) mass is 374 g/mol. The minimum atomic E-state index is -0.613. The van der Waals surface area contributed by atoms with Crippen LogP contribution in [0.3, 0.4) is 0 Å². The number of ether oxygens (including phenoxy) is 3. The van der Waals surface area contributed by atoms with Gasteiger partial charge in [0.05, 0.1) is 13.2 Å². The third kappa shape index (κ3) is 2.69. The molecular formula is C22H30O5. The van der Waals surface area contributed by atoms with Gasteiger partial charge in [0, 0.05) is 36.7 Å². The van der Waals surface area contributed by atoms with Crippen molar-refractivity contribution in [1.29, 1.82) is 0 Å². The summed E-state index contributed by atoms with van der Waals surface area (Å²) in [6, 6.07) is 0. The summed E-state index contributed by atoms with van der Waals surface area (Å²) in [5, 5.41) is 0. The Morgan fingerprint density at radius 1 is 1.22 bits per heavy atom. The van der Waals surface area contributed by atoms with Crippen molar-refractivity contribution in [3.63, 3.8) is 0 Å². The van der Waals surface area contributed by atoms with Crippen molar-refractivity contribution in [1.82, 2.24) is 0 Å². The summed E-state index contributed by atoms with van der Waals surface area (Å²) in [5.41, 5.74) is 2.48. The molecular weight excluding hydrogens is 344 g/mol. The second-order valence-electron chi connectivity index (χ2n) is 9.04. The van der Waals surface area contributed by atoms with Crippen molar-refractivity contribution in [3.8, 4) is 0 Å². The molecule has 0 radical (unpaired) electrons. The topological polar surface area (TPSA) is 61.8 Å². The maximum absolute atomic E-state index is 12.6. The van der Waals surface area contributed by atoms with Crippen LogP contribution in [0, 0.1) is 22.7 Å². The fourth-order valence-corrected chi connectivity index (χ4v) is 6.18. The van der Waals surface area contributed by atoms with E-state index in [2.05, 4.69) is 30.7 Å². The lowest BCUT2D eigenvalue weighted by Gasteiger charge is -2.54. The van der Waals surface area contributed by atoms with E-state index < -0.39 is 6.16 Å². The number of carbonyl (C=O) groups is 2. The Morgan fingerprint density at radius 2 is 2.00 bits per heavy atom. The molecule has 5 heteroatoms. The van der Waals surface area contributed by atoms with Gasteiger partial charge in [-0.25, -0.2) is 4.79 Å². The van der Waals surface area contributed by atoms with Crippen molar-refractivity contribution >= 4 is 11.9 Å². The Kier molecular flexibility index (Phi) is 4.49. The van der Waals surface area contributed by atoms with Crippen LogP contribution in [0.4, 0.5) is 4.79 Å². The Labute approximate surface area is 161 Å². The molecule has 2 fully saturated rings. The van der Waals surface area contributed by atoms with E-state index in [0.29, 0.717) is 18.1 Å². The van der Waals surface area contributed by atoms with Gasteiger partial charge in [-0.05, 0) is 31.6 Å². The van der Waals surface area contributed by atoms with E-state index in [1.807, 2.05) is 0 Å². The van der Waals surface area contributed by atoms with Gasteiger partial charge in [-0.2, -0.15) is 0 Å². The van der Waals surface area contributed by atoms with E-state index in [0.717, 1.165) is 32.1 Å². The van der Waals surface area contributed by atoms with Gasteiger partial charge < -0.3 is 14.2 Å². The zero-order chi connectivity index (χ0) is 19.4. The quantitative estimate of drug-likeness (QED) is 0.535. The molecule has 0 amide bonds. The molecule has 4 aliphatic rings. The number of ketones is 1. The van der Waals surface area contributed by atoms with Gasteiger partial charge in [0.1, 0.15) is 11.9 Å². The standard InChI is InChI=1S/C22H30O5/c1-21-9-7-14(27-20(24)26-4)11-13(21)12-17(25-3)19-15-5-6-18(23)22(15,2)10-8-16(19)21/h8,12,14-15,17,19H,5-7,9-11H2,1-4H3/t14?,15?,17?,19?,21-,22?/m0/s1. The van der Waals surface area contributed by atoms with E-state index in [1.54, 1.807) is 7.11 Å². The first-order valence-corrected chi connectivity index (χ1v) is 10.1. The fraction of sp³-hybridized carbons (Fsp3) is 0.727. The lowest BCUT2D eigenvalue weighted by Crippen LogP contribution is -2.50. The highest BCUT2D eigenvalue weighted by Crippen LogP contribution is 2.62. The Balaban J connectivity index is 1.68. The zero-order valence-corrected chi connectivity index (χ0v) is 16.7. The minimum absolute atomic E-state index is 0.0215. The molecule has 4 aliphatic carbocycles. The summed E-state index contributed by atoms with van der Waals surface area (Å²) in [5.74, 6) is 1.04. The van der Waals surface area contributed by atoms with Gasteiger partial charge in [0.15, 0.2) is 0 Å². The molecule has 27 heavy (non-hydrogen) atoms. The van der Waals surface area contributed by atoms with Crippen LogP contribution in [-0.4, -0.2) is 38.4 Å². The number of allylic oxidation sites excluding steroid dienone is 1. The molecule has 0 spiro atoms. The number of fused-ring (bicyclic) bond motifs is 5. The van der Waals surface area contributed by atoms with E-state index in [4.69, 9.17) is 9.47 Å². The molecule has 2 saturated carbocycles. The molecule has 0 aromatic rings. The number of methoxy groups -OCH3 is 2. The lowest BCUT2D eigenvalue weighted by molar-refractivity contribution is -0.127. The lowest BCUT2D eigenvalue weighted by atomic mass is 9.52. The van der Waals surface area contributed by atoms with Crippen molar-refractivity contribution in [2.24, 2.45) is 22.7 Å². The average Bonchev–Trinajstić information content (AvgIpc) is 2.96. The van der Waals surface area contributed by atoms with Crippen molar-refractivity contribution in [2.45, 2.75) is 64.6 Å². The third-order valence-electron chi connectivity index (χ3n) is 7.86. The first-order valence-electron chi connectivity index (χ1n) is 10.1. The number of hydrogen-bond acceptors (Lipinski definition) is 5. The highest BCUT2D eigenvalue weighted by Gasteiger charge is 2.58. The minimum Gasteiger partial charge on any atom is -0.438 e. The molecule has 148 valence electrons. The highest BCUT2D eigenvalue weighted by molar-refractivity contribution is 5.87. The summed E-state index contributed by atoms with van der Waals surface area (Å²) in [6.07, 6.45) is 8.79. The molecule has 6 atom stereocenters. The first kappa shape index (κ1) is 18.7. The van der Waals surface area contributed by atoms with Gasteiger partial charge in [-0.1, -0.05) is 37.1 Å². The molecule has 0 aromatic carbocycles. The normalized spacial score (nSPS) is 43.0. The predicted octanol–water partition coefficient (Wildman–Crippen LogP) is 4.21. The van der Waals surface area contributed by atoms with Gasteiger partial charge in [0.25, 0.3) is 0 Å². The number of hydrogen-bond donors (Lipinski definition) is 0. The Hall–Kier alpha value is -1.62. The maximum atomic E-state index is 12.6. The SMILES string of the molecule is COC(=O)OC1CC[C@@]2(C)C(=CC(OC)C3C2=CCC2(C)C(=O)CCC32)C1. The van der Waals surface area contributed by atoms with Crippen LogP contribution in [0.1, 0.15) is 52.4 Å². The molecule has 0 heterocycles. The third-order valence-corrected chi connectivity index (χ3v) is 7.86.